The fourth-order valence-corrected chi connectivity index (χ4v) is 9.67. The highest BCUT2D eigenvalue weighted by molar-refractivity contribution is 7.18. The molecule has 4 fully saturated rings. The van der Waals surface area contributed by atoms with Crippen LogP contribution in [0.15, 0.2) is 0 Å². The Labute approximate surface area is 311 Å². The summed E-state index contributed by atoms with van der Waals surface area (Å²) in [5, 5.41) is 0. The zero-order chi connectivity index (χ0) is 38.6. The van der Waals surface area contributed by atoms with Crippen LogP contribution in [0.4, 0.5) is 43.9 Å². The van der Waals surface area contributed by atoms with Gasteiger partial charge in [0.05, 0.1) is 24.9 Å². The Bertz CT molecular complexity index is 849. The van der Waals surface area contributed by atoms with Gasteiger partial charge >= 0.3 is 23.7 Å². The molecule has 2 nitrogen and oxygen atoms in total. The van der Waals surface area contributed by atoms with E-state index in [1.807, 2.05) is 0 Å². The maximum atomic E-state index is 13.7. The summed E-state index contributed by atoms with van der Waals surface area (Å²) >= 11 is 0. The van der Waals surface area contributed by atoms with Crippen LogP contribution in [0.1, 0.15) is 77.0 Å². The minimum absolute atomic E-state index is 0.479. The van der Waals surface area contributed by atoms with E-state index < -0.39 is 47.4 Å². The molecule has 4 aliphatic carbocycles. The Hall–Kier alpha value is 2.66. The third-order valence-corrected chi connectivity index (χ3v) is 14.3. The lowest BCUT2D eigenvalue weighted by Gasteiger charge is -2.55. The summed E-state index contributed by atoms with van der Waals surface area (Å²) < 4.78 is 145. The van der Waals surface area contributed by atoms with Crippen LogP contribution in [0.5, 0.6) is 0 Å². The van der Waals surface area contributed by atoms with E-state index in [0.717, 1.165) is 80.0 Å². The molecule has 0 aliphatic heterocycles. The van der Waals surface area contributed by atoms with E-state index in [4.69, 9.17) is 9.47 Å². The molecule has 50 heavy (non-hydrogen) atoms. The maximum Gasteiger partial charge on any atom is 0.353 e. The van der Waals surface area contributed by atoms with Crippen molar-refractivity contribution in [3.8, 4) is 0 Å². The average molecular weight is 889 g/mol. The largest absolute Gasteiger partial charge is 0.374 e. The normalized spacial score (nSPS) is 37.1. The summed E-state index contributed by atoms with van der Waals surface area (Å²) in [7, 11) is 18.6. The van der Waals surface area contributed by atoms with E-state index in [0.29, 0.717) is 12.2 Å². The van der Waals surface area contributed by atoms with Gasteiger partial charge in [-0.25, -0.2) is 8.78 Å². The highest BCUT2D eigenvalue weighted by Gasteiger charge is 2.98. The number of ether oxygens (including phenoxy) is 2. The van der Waals surface area contributed by atoms with Gasteiger partial charge in [-0.2, -0.15) is 35.1 Å². The van der Waals surface area contributed by atoms with Gasteiger partial charge < -0.3 is 9.47 Å². The average Bonchev–Trinajstić information content (AvgIpc) is 3.09. The molecule has 8 unspecified atom stereocenters. The first-order valence-corrected chi connectivity index (χ1v) is 23.2. The second-order valence-electron chi connectivity index (χ2n) is 13.4. The van der Waals surface area contributed by atoms with Crippen molar-refractivity contribution in [2.75, 3.05) is 37.3 Å². The smallest absolute Gasteiger partial charge is 0.353 e. The van der Waals surface area contributed by atoms with Gasteiger partial charge in [0.15, 0.2) is 0 Å². The van der Waals surface area contributed by atoms with Crippen LogP contribution in [0.25, 0.3) is 0 Å². The SMILES string of the molecule is FC1(F)C(F)(F)C(F)(CP)C(F)(F)C(F)(F)C1(F)CP.PC1CCC(P)CC1.PCC1CCC(CP)CC1.PCOC1CCC(OCP)CC1. The molecule has 0 aromatic heterocycles. The second-order valence-corrected chi connectivity index (χ2v) is 17.7. The third-order valence-electron chi connectivity index (χ3n) is 10.1. The zero-order valence-corrected chi connectivity index (χ0v) is 37.6. The fourth-order valence-electron chi connectivity index (χ4n) is 6.39. The molecular formula is C30H58F10O2P8. The van der Waals surface area contributed by atoms with Gasteiger partial charge in [0.25, 0.3) is 11.3 Å². The Morgan fingerprint density at radius 2 is 0.640 bits per heavy atom. The van der Waals surface area contributed by atoms with Gasteiger partial charge in [-0.05, 0) is 113 Å². The topological polar surface area (TPSA) is 18.5 Å². The zero-order valence-electron chi connectivity index (χ0n) is 28.4. The Kier molecular flexibility index (Phi) is 22.9. The number of halogens is 10. The van der Waals surface area contributed by atoms with Gasteiger partial charge in [-0.3, -0.25) is 0 Å². The summed E-state index contributed by atoms with van der Waals surface area (Å²) in [5.41, 5.74) is -9.39. The van der Waals surface area contributed by atoms with Crippen LogP contribution in [0.2, 0.25) is 0 Å². The molecule has 4 rings (SSSR count). The van der Waals surface area contributed by atoms with Crippen molar-refractivity contribution in [3.05, 3.63) is 0 Å². The predicted octanol–water partition coefficient (Wildman–Crippen LogP) is 10.3. The van der Waals surface area contributed by atoms with Crippen molar-refractivity contribution in [2.45, 2.75) is 136 Å². The van der Waals surface area contributed by atoms with Crippen molar-refractivity contribution in [1.29, 1.82) is 0 Å². The fraction of sp³-hybridized carbons (Fsp3) is 1.00. The van der Waals surface area contributed by atoms with Crippen molar-refractivity contribution in [2.24, 2.45) is 11.8 Å². The van der Waals surface area contributed by atoms with E-state index in [9.17, 15) is 43.9 Å². The summed E-state index contributed by atoms with van der Waals surface area (Å²) in [6, 6.07) is 0. The van der Waals surface area contributed by atoms with Gasteiger partial charge in [0, 0.05) is 12.3 Å². The van der Waals surface area contributed by atoms with Gasteiger partial charge in [-0.1, -0.05) is 0 Å². The standard InChI is InChI=1S/C8H8F10P2.C8H18O2P2.C8H18P2.C6H14P2/c9-3(1-19)5(11,12)7(15,16)4(10,2-20)8(17,18)6(3,13)14;11-5-9-7-1-2-8(4-3-7)10-6-12;9-5-7-1-2-8(6-10)4-3-7;7-5-1-2-6(8)4-3-5/h1-2,19-20H2;7-8H,1-6,11-12H2;7-8H,1-6,9-10H2;5-6H,1-4,7-8H2. The number of alkyl halides is 10. The predicted molar refractivity (Wildman–Crippen MR) is 214 cm³/mol. The first kappa shape index (κ1) is 50.7. The lowest BCUT2D eigenvalue weighted by atomic mass is 9.68. The van der Waals surface area contributed by atoms with Gasteiger partial charge in [-0.15, -0.1) is 73.9 Å². The molecule has 0 spiro atoms. The lowest BCUT2D eigenvalue weighted by molar-refractivity contribution is -0.451. The molecule has 0 saturated heterocycles. The summed E-state index contributed by atoms with van der Waals surface area (Å²) in [6.45, 7) is 0. The summed E-state index contributed by atoms with van der Waals surface area (Å²) in [6.07, 6.45) is 17.0. The molecule has 0 aromatic rings. The van der Waals surface area contributed by atoms with Crippen LogP contribution in [0.3, 0.4) is 0 Å². The van der Waals surface area contributed by atoms with Crippen LogP contribution in [-0.4, -0.2) is 95.9 Å². The first-order chi connectivity index (χ1) is 23.1. The number of hydrogen-bond donors (Lipinski definition) is 0. The van der Waals surface area contributed by atoms with Crippen LogP contribution >= 0.6 is 73.9 Å². The minimum Gasteiger partial charge on any atom is -0.374 e. The second kappa shape index (κ2) is 22.6. The molecular weight excluding hydrogens is 830 g/mol. The number of hydrogen-bond acceptors (Lipinski definition) is 2. The summed E-state index contributed by atoms with van der Waals surface area (Å²) in [5.74, 6) is -23.3. The van der Waals surface area contributed by atoms with Crippen molar-refractivity contribution >= 4 is 73.9 Å². The van der Waals surface area contributed by atoms with Crippen molar-refractivity contribution in [1.82, 2.24) is 0 Å². The molecule has 8 atom stereocenters. The molecule has 0 N–H and O–H groups in total. The monoisotopic (exact) mass is 888 g/mol. The number of rotatable bonds is 8. The Morgan fingerprint density at radius 1 is 0.400 bits per heavy atom. The molecule has 4 aliphatic rings. The molecule has 0 radical (unpaired) electrons. The quantitative estimate of drug-likeness (QED) is 0.179. The molecule has 0 heterocycles. The van der Waals surface area contributed by atoms with E-state index in [-0.39, 0.29) is 0 Å². The van der Waals surface area contributed by atoms with Crippen LogP contribution < -0.4 is 0 Å². The first-order valence-electron chi connectivity index (χ1n) is 17.0. The third kappa shape index (κ3) is 11.9. The van der Waals surface area contributed by atoms with Crippen molar-refractivity contribution in [3.63, 3.8) is 0 Å². The molecule has 300 valence electrons. The molecule has 0 aromatic carbocycles. The Morgan fingerprint density at radius 3 is 0.820 bits per heavy atom. The Balaban J connectivity index is 0.000000356. The molecule has 0 bridgehead atoms. The minimum atomic E-state index is -6.34. The van der Waals surface area contributed by atoms with Gasteiger partial charge in [0.2, 0.25) is 0 Å². The highest BCUT2D eigenvalue weighted by atomic mass is 31.0. The van der Waals surface area contributed by atoms with E-state index in [1.165, 1.54) is 63.7 Å². The van der Waals surface area contributed by atoms with E-state index in [2.05, 4.69) is 55.4 Å². The van der Waals surface area contributed by atoms with E-state index >= 15 is 0 Å². The van der Waals surface area contributed by atoms with Crippen molar-refractivity contribution < 1.29 is 53.4 Å². The molecule has 0 amide bonds. The maximum absolute atomic E-state index is 13.7. The lowest BCUT2D eigenvalue weighted by Crippen LogP contribution is -2.85. The van der Waals surface area contributed by atoms with Crippen LogP contribution in [0, 0.1) is 11.8 Å². The molecule has 20 heteroatoms. The summed E-state index contributed by atoms with van der Waals surface area (Å²) in [4.78, 5) is 0. The van der Waals surface area contributed by atoms with Crippen LogP contribution in [-0.2, 0) is 9.47 Å². The van der Waals surface area contributed by atoms with E-state index in [1.54, 1.807) is 0 Å². The molecule has 4 saturated carbocycles. The van der Waals surface area contributed by atoms with Gasteiger partial charge in [0.1, 0.15) is 0 Å². The highest BCUT2D eigenvalue weighted by Crippen LogP contribution is 2.69.